The summed E-state index contributed by atoms with van der Waals surface area (Å²) < 4.78 is 10.3. The van der Waals surface area contributed by atoms with Gasteiger partial charge in [-0.05, 0) is 35.3 Å². The van der Waals surface area contributed by atoms with Crippen molar-refractivity contribution in [1.29, 1.82) is 0 Å². The van der Waals surface area contributed by atoms with Crippen molar-refractivity contribution in [3.63, 3.8) is 0 Å². The fourth-order valence-electron chi connectivity index (χ4n) is 2.59. The lowest BCUT2D eigenvalue weighted by Gasteiger charge is -2.28. The average molecular weight is 288 g/mol. The maximum Gasteiger partial charge on any atom is 0.227 e. The van der Waals surface area contributed by atoms with Gasteiger partial charge in [0.05, 0.1) is 24.6 Å². The Morgan fingerprint density at radius 3 is 2.71 bits per heavy atom. The highest BCUT2D eigenvalue weighted by Crippen LogP contribution is 2.33. The van der Waals surface area contributed by atoms with Crippen LogP contribution in [0.4, 0.5) is 11.4 Å². The maximum atomic E-state index is 11.9. The topological polar surface area (TPSA) is 80.5 Å². The molecule has 2 heterocycles. The minimum Gasteiger partial charge on any atom is -0.378 e. The maximum absolute atomic E-state index is 11.9. The first kappa shape index (κ1) is 12.6. The van der Waals surface area contributed by atoms with E-state index in [1.807, 2.05) is 12.1 Å². The SMILES string of the molecule is O=C(Nc1ccc(N2CCOCC2)c2nonc12)C1CC1. The molecule has 1 aliphatic heterocycles. The van der Waals surface area contributed by atoms with Crippen LogP contribution < -0.4 is 10.2 Å². The van der Waals surface area contributed by atoms with Crippen LogP contribution >= 0.6 is 0 Å². The summed E-state index contributed by atoms with van der Waals surface area (Å²) in [5.74, 6) is 0.206. The molecule has 1 saturated carbocycles. The molecule has 21 heavy (non-hydrogen) atoms. The van der Waals surface area contributed by atoms with E-state index < -0.39 is 0 Å². The fourth-order valence-corrected chi connectivity index (χ4v) is 2.59. The smallest absolute Gasteiger partial charge is 0.227 e. The number of hydrogen-bond acceptors (Lipinski definition) is 6. The highest BCUT2D eigenvalue weighted by atomic mass is 16.6. The molecule has 0 spiro atoms. The second-order valence-electron chi connectivity index (χ2n) is 5.46. The lowest BCUT2D eigenvalue weighted by atomic mass is 10.2. The van der Waals surface area contributed by atoms with E-state index in [1.165, 1.54) is 0 Å². The van der Waals surface area contributed by atoms with Gasteiger partial charge in [-0.15, -0.1) is 0 Å². The number of rotatable bonds is 3. The number of fused-ring (bicyclic) bond motifs is 1. The van der Waals surface area contributed by atoms with Crippen molar-refractivity contribution in [1.82, 2.24) is 10.3 Å². The summed E-state index contributed by atoms with van der Waals surface area (Å²) in [5.41, 5.74) is 2.93. The number of nitrogens with one attached hydrogen (secondary N) is 1. The second kappa shape index (κ2) is 5.00. The van der Waals surface area contributed by atoms with Gasteiger partial charge in [-0.2, -0.15) is 0 Å². The Morgan fingerprint density at radius 1 is 1.19 bits per heavy atom. The molecule has 1 aromatic heterocycles. The first-order valence-corrected chi connectivity index (χ1v) is 7.22. The standard InChI is InChI=1S/C14H16N4O3/c19-14(9-1-2-9)15-10-3-4-11(13-12(10)16-21-17-13)18-5-7-20-8-6-18/h3-4,9H,1-2,5-8H2,(H,15,19). The van der Waals surface area contributed by atoms with E-state index in [1.54, 1.807) is 0 Å². The normalized spacial score (nSPS) is 19.0. The zero-order valence-electron chi connectivity index (χ0n) is 11.5. The molecule has 2 fully saturated rings. The minimum absolute atomic E-state index is 0.0541. The van der Waals surface area contributed by atoms with Crippen LogP contribution in [0.15, 0.2) is 16.8 Å². The van der Waals surface area contributed by atoms with Crippen LogP contribution in [-0.4, -0.2) is 42.5 Å². The highest BCUT2D eigenvalue weighted by Gasteiger charge is 2.30. The summed E-state index contributed by atoms with van der Waals surface area (Å²) >= 11 is 0. The van der Waals surface area contributed by atoms with E-state index in [9.17, 15) is 4.79 Å². The summed E-state index contributed by atoms with van der Waals surface area (Å²) in [6, 6.07) is 3.83. The van der Waals surface area contributed by atoms with Gasteiger partial charge in [0.15, 0.2) is 11.0 Å². The number of ether oxygens (including phenoxy) is 1. The fraction of sp³-hybridized carbons (Fsp3) is 0.500. The van der Waals surface area contributed by atoms with Crippen LogP contribution in [0.5, 0.6) is 0 Å². The Kier molecular flexibility index (Phi) is 2.99. The molecule has 1 aliphatic carbocycles. The number of hydrogen-bond donors (Lipinski definition) is 1. The van der Waals surface area contributed by atoms with Gasteiger partial charge < -0.3 is 15.0 Å². The zero-order chi connectivity index (χ0) is 14.2. The first-order chi connectivity index (χ1) is 10.3. The predicted molar refractivity (Wildman–Crippen MR) is 76.2 cm³/mol. The van der Waals surface area contributed by atoms with E-state index in [0.29, 0.717) is 29.9 Å². The molecule has 1 amide bonds. The molecule has 0 atom stereocenters. The Bertz CT molecular complexity index is 674. The number of benzene rings is 1. The minimum atomic E-state index is 0.0541. The van der Waals surface area contributed by atoms with Crippen molar-refractivity contribution in [2.45, 2.75) is 12.8 Å². The number of nitrogens with zero attached hydrogens (tertiary/aromatic N) is 3. The lowest BCUT2D eigenvalue weighted by molar-refractivity contribution is -0.117. The van der Waals surface area contributed by atoms with Crippen LogP contribution in [0.3, 0.4) is 0 Å². The zero-order valence-corrected chi connectivity index (χ0v) is 11.5. The molecule has 1 aromatic carbocycles. The van der Waals surface area contributed by atoms with E-state index in [2.05, 4.69) is 20.5 Å². The van der Waals surface area contributed by atoms with Gasteiger partial charge in [0.25, 0.3) is 0 Å². The van der Waals surface area contributed by atoms with E-state index >= 15 is 0 Å². The number of morpholine rings is 1. The Morgan fingerprint density at radius 2 is 1.95 bits per heavy atom. The summed E-state index contributed by atoms with van der Waals surface area (Å²) in [6.07, 6.45) is 1.94. The number of amides is 1. The van der Waals surface area contributed by atoms with Gasteiger partial charge in [-0.3, -0.25) is 4.79 Å². The average Bonchev–Trinajstić information content (AvgIpc) is 3.26. The van der Waals surface area contributed by atoms with Crippen molar-refractivity contribution in [2.75, 3.05) is 36.5 Å². The molecule has 110 valence electrons. The summed E-state index contributed by atoms with van der Waals surface area (Å²) in [5, 5.41) is 10.9. The van der Waals surface area contributed by atoms with Crippen molar-refractivity contribution >= 4 is 28.3 Å². The molecule has 2 aliphatic rings. The highest BCUT2D eigenvalue weighted by molar-refractivity contribution is 6.04. The third kappa shape index (κ3) is 2.33. The van der Waals surface area contributed by atoms with Crippen LogP contribution in [0.2, 0.25) is 0 Å². The van der Waals surface area contributed by atoms with Crippen molar-refractivity contribution in [3.8, 4) is 0 Å². The number of aromatic nitrogens is 2. The number of carbonyl (C=O) groups excluding carboxylic acids is 1. The molecule has 0 unspecified atom stereocenters. The number of carbonyl (C=O) groups is 1. The Hall–Kier alpha value is -2.15. The Balaban J connectivity index is 1.67. The molecule has 0 radical (unpaired) electrons. The largest absolute Gasteiger partial charge is 0.378 e. The molecule has 1 N–H and O–H groups in total. The predicted octanol–water partition coefficient (Wildman–Crippen LogP) is 1.41. The third-order valence-corrected chi connectivity index (χ3v) is 3.95. The molecule has 2 aromatic rings. The van der Waals surface area contributed by atoms with Crippen molar-refractivity contribution < 1.29 is 14.2 Å². The van der Waals surface area contributed by atoms with Crippen LogP contribution in [0.1, 0.15) is 12.8 Å². The first-order valence-electron chi connectivity index (χ1n) is 7.22. The molecule has 7 heteroatoms. The quantitative estimate of drug-likeness (QED) is 0.919. The second-order valence-corrected chi connectivity index (χ2v) is 5.46. The van der Waals surface area contributed by atoms with E-state index in [0.717, 1.165) is 31.6 Å². The van der Waals surface area contributed by atoms with Crippen LogP contribution in [-0.2, 0) is 9.53 Å². The van der Waals surface area contributed by atoms with Gasteiger partial charge in [0, 0.05) is 19.0 Å². The van der Waals surface area contributed by atoms with Crippen LogP contribution in [0, 0.1) is 5.92 Å². The van der Waals surface area contributed by atoms with E-state index in [-0.39, 0.29) is 11.8 Å². The van der Waals surface area contributed by atoms with Gasteiger partial charge in [-0.1, -0.05) is 0 Å². The monoisotopic (exact) mass is 288 g/mol. The van der Waals surface area contributed by atoms with E-state index in [4.69, 9.17) is 9.37 Å². The Labute approximate surface area is 121 Å². The molecular weight excluding hydrogens is 272 g/mol. The molecule has 4 rings (SSSR count). The van der Waals surface area contributed by atoms with Gasteiger partial charge in [0.2, 0.25) is 5.91 Å². The van der Waals surface area contributed by atoms with Gasteiger partial charge in [0.1, 0.15) is 0 Å². The van der Waals surface area contributed by atoms with Crippen molar-refractivity contribution in [3.05, 3.63) is 12.1 Å². The third-order valence-electron chi connectivity index (χ3n) is 3.95. The van der Waals surface area contributed by atoms with Crippen LogP contribution in [0.25, 0.3) is 11.0 Å². The molecule has 7 nitrogen and oxygen atoms in total. The summed E-state index contributed by atoms with van der Waals surface area (Å²) in [4.78, 5) is 14.1. The van der Waals surface area contributed by atoms with Gasteiger partial charge in [-0.25, -0.2) is 4.63 Å². The summed E-state index contributed by atoms with van der Waals surface area (Å²) in [7, 11) is 0. The molecular formula is C14H16N4O3. The van der Waals surface area contributed by atoms with Crippen molar-refractivity contribution in [2.24, 2.45) is 5.92 Å². The molecule has 0 bridgehead atoms. The van der Waals surface area contributed by atoms with Gasteiger partial charge >= 0.3 is 0 Å². The lowest BCUT2D eigenvalue weighted by Crippen LogP contribution is -2.36. The molecule has 1 saturated heterocycles. The number of anilines is 2. The summed E-state index contributed by atoms with van der Waals surface area (Å²) in [6.45, 7) is 3.03.